The van der Waals surface area contributed by atoms with Crippen LogP contribution in [0.3, 0.4) is 0 Å². The van der Waals surface area contributed by atoms with E-state index in [1.807, 2.05) is 0 Å². The predicted octanol–water partition coefficient (Wildman–Crippen LogP) is 0.0109. The molecule has 0 saturated carbocycles. The van der Waals surface area contributed by atoms with Gasteiger partial charge in [-0.1, -0.05) is 0 Å². The van der Waals surface area contributed by atoms with Crippen molar-refractivity contribution >= 4 is 37.1 Å². The lowest BCUT2D eigenvalue weighted by Gasteiger charge is -2.09. The van der Waals surface area contributed by atoms with Crippen LogP contribution in [0.15, 0.2) is 11.0 Å². The van der Waals surface area contributed by atoms with Crippen LogP contribution in [0.5, 0.6) is 0 Å². The standard InChI is InChI=1S/C11H16N2O5S3/c1-7-10(21(12,17)18)5-9(19-7)11(14)13-6-8-3-2-4-20(8,15)16/h5,8H,2-4,6H2,1H3,(H,13,14)(H2,12,17,18). The molecule has 0 radical (unpaired) electrons. The van der Waals surface area contributed by atoms with E-state index in [1.54, 1.807) is 6.92 Å². The Bertz CT molecular complexity index is 764. The first-order valence-electron chi connectivity index (χ1n) is 6.24. The van der Waals surface area contributed by atoms with Crippen LogP contribution < -0.4 is 10.5 Å². The van der Waals surface area contributed by atoms with Crippen LogP contribution in [0, 0.1) is 6.92 Å². The Kier molecular flexibility index (Phi) is 4.43. The summed E-state index contributed by atoms with van der Waals surface area (Å²) in [7, 11) is -6.98. The van der Waals surface area contributed by atoms with E-state index >= 15 is 0 Å². The predicted molar refractivity (Wildman–Crippen MR) is 79.6 cm³/mol. The van der Waals surface area contributed by atoms with Crippen molar-refractivity contribution in [3.8, 4) is 0 Å². The number of carbonyl (C=O) groups excluding carboxylic acids is 1. The fourth-order valence-corrected chi connectivity index (χ4v) is 6.07. The molecule has 7 nitrogen and oxygen atoms in total. The van der Waals surface area contributed by atoms with E-state index in [0.29, 0.717) is 17.7 Å². The molecule has 1 aromatic rings. The molecule has 0 spiro atoms. The highest BCUT2D eigenvalue weighted by atomic mass is 32.2. The Balaban J connectivity index is 2.08. The maximum absolute atomic E-state index is 12.0. The van der Waals surface area contributed by atoms with E-state index in [2.05, 4.69) is 5.32 Å². The van der Waals surface area contributed by atoms with Gasteiger partial charge in [-0.25, -0.2) is 22.0 Å². The monoisotopic (exact) mass is 352 g/mol. The molecule has 2 rings (SSSR count). The number of thiophene rings is 1. The van der Waals surface area contributed by atoms with Crippen LogP contribution in [0.1, 0.15) is 27.4 Å². The molecule has 10 heteroatoms. The van der Waals surface area contributed by atoms with Gasteiger partial charge in [-0.2, -0.15) is 0 Å². The molecule has 0 aliphatic carbocycles. The summed E-state index contributed by atoms with van der Waals surface area (Å²) in [6, 6.07) is 1.22. The molecule has 1 aliphatic rings. The number of sulfone groups is 1. The molecule has 1 fully saturated rings. The summed E-state index contributed by atoms with van der Waals surface area (Å²) in [6.45, 7) is 1.60. The van der Waals surface area contributed by atoms with E-state index in [4.69, 9.17) is 5.14 Å². The zero-order valence-corrected chi connectivity index (χ0v) is 13.8. The molecule has 3 N–H and O–H groups in total. The number of rotatable bonds is 4. The molecular weight excluding hydrogens is 336 g/mol. The van der Waals surface area contributed by atoms with E-state index in [1.165, 1.54) is 6.07 Å². The highest BCUT2D eigenvalue weighted by molar-refractivity contribution is 7.92. The Hall–Kier alpha value is -0.970. The largest absolute Gasteiger partial charge is 0.350 e. The maximum Gasteiger partial charge on any atom is 0.261 e. The molecule has 2 heterocycles. The zero-order valence-electron chi connectivity index (χ0n) is 11.3. The second kappa shape index (κ2) is 5.67. The van der Waals surface area contributed by atoms with Crippen molar-refractivity contribution in [2.75, 3.05) is 12.3 Å². The summed E-state index contributed by atoms with van der Waals surface area (Å²) in [5.41, 5.74) is 0. The smallest absolute Gasteiger partial charge is 0.261 e. The van der Waals surface area contributed by atoms with Crippen LogP contribution in [-0.4, -0.2) is 40.3 Å². The summed E-state index contributed by atoms with van der Waals surface area (Å²) in [5, 5.41) is 7.04. The van der Waals surface area contributed by atoms with Gasteiger partial charge in [0.1, 0.15) is 0 Å². The van der Waals surface area contributed by atoms with Gasteiger partial charge in [0, 0.05) is 11.4 Å². The number of hydrogen-bond acceptors (Lipinski definition) is 6. The lowest BCUT2D eigenvalue weighted by molar-refractivity contribution is 0.0957. The lowest BCUT2D eigenvalue weighted by Crippen LogP contribution is -2.34. The Labute approximate surface area is 127 Å². The van der Waals surface area contributed by atoms with Crippen LogP contribution in [0.2, 0.25) is 0 Å². The maximum atomic E-state index is 12.0. The lowest BCUT2D eigenvalue weighted by atomic mass is 10.2. The Morgan fingerprint density at radius 3 is 2.67 bits per heavy atom. The Morgan fingerprint density at radius 2 is 2.19 bits per heavy atom. The molecule has 1 amide bonds. The highest BCUT2D eigenvalue weighted by Gasteiger charge is 2.31. The summed E-state index contributed by atoms with van der Waals surface area (Å²) < 4.78 is 45.9. The Morgan fingerprint density at radius 1 is 1.52 bits per heavy atom. The molecular formula is C11H16N2O5S3. The van der Waals surface area contributed by atoms with Gasteiger partial charge in [0.25, 0.3) is 5.91 Å². The van der Waals surface area contributed by atoms with Crippen LogP contribution >= 0.6 is 11.3 Å². The van der Waals surface area contributed by atoms with Gasteiger partial charge in [-0.15, -0.1) is 11.3 Å². The van der Waals surface area contributed by atoms with Crippen molar-refractivity contribution in [3.63, 3.8) is 0 Å². The number of amides is 1. The van der Waals surface area contributed by atoms with Gasteiger partial charge >= 0.3 is 0 Å². The normalized spacial score (nSPS) is 21.3. The molecule has 1 aliphatic heterocycles. The third-order valence-electron chi connectivity index (χ3n) is 3.36. The van der Waals surface area contributed by atoms with Crippen LogP contribution in [0.25, 0.3) is 0 Å². The number of hydrogen-bond donors (Lipinski definition) is 2. The van der Waals surface area contributed by atoms with Crippen molar-refractivity contribution < 1.29 is 21.6 Å². The molecule has 0 aromatic carbocycles. The van der Waals surface area contributed by atoms with Crippen molar-refractivity contribution in [3.05, 3.63) is 15.8 Å². The third-order valence-corrected chi connectivity index (χ3v) is 7.85. The van der Waals surface area contributed by atoms with Gasteiger partial charge in [0.2, 0.25) is 10.0 Å². The minimum atomic E-state index is -3.86. The summed E-state index contributed by atoms with van der Waals surface area (Å²) >= 11 is 1.01. The summed E-state index contributed by atoms with van der Waals surface area (Å²) in [4.78, 5) is 12.5. The number of nitrogens with one attached hydrogen (secondary N) is 1. The van der Waals surface area contributed by atoms with Crippen molar-refractivity contribution in [2.24, 2.45) is 5.14 Å². The molecule has 1 saturated heterocycles. The number of sulfonamides is 1. The van der Waals surface area contributed by atoms with Crippen molar-refractivity contribution in [1.29, 1.82) is 0 Å². The van der Waals surface area contributed by atoms with Gasteiger partial charge in [0.15, 0.2) is 9.84 Å². The SMILES string of the molecule is Cc1sc(C(=O)NCC2CCCS2(=O)=O)cc1S(N)(=O)=O. The molecule has 1 unspecified atom stereocenters. The second-order valence-corrected chi connectivity index (χ2v) is 10.1. The van der Waals surface area contributed by atoms with Crippen LogP contribution in [0.4, 0.5) is 0 Å². The van der Waals surface area contributed by atoms with Crippen molar-refractivity contribution in [2.45, 2.75) is 29.9 Å². The minimum Gasteiger partial charge on any atom is -0.350 e. The van der Waals surface area contributed by atoms with E-state index in [-0.39, 0.29) is 22.1 Å². The zero-order chi connectivity index (χ0) is 15.8. The number of carbonyl (C=O) groups is 1. The number of aryl methyl sites for hydroxylation is 1. The van der Waals surface area contributed by atoms with E-state index < -0.39 is 31.0 Å². The van der Waals surface area contributed by atoms with Gasteiger partial charge in [-0.05, 0) is 25.8 Å². The quantitative estimate of drug-likeness (QED) is 0.790. The van der Waals surface area contributed by atoms with E-state index in [0.717, 1.165) is 11.3 Å². The average molecular weight is 352 g/mol. The average Bonchev–Trinajstić information content (AvgIpc) is 2.88. The van der Waals surface area contributed by atoms with Gasteiger partial charge < -0.3 is 5.32 Å². The third kappa shape index (κ3) is 3.62. The topological polar surface area (TPSA) is 123 Å². The molecule has 1 atom stereocenters. The van der Waals surface area contributed by atoms with Gasteiger partial charge in [-0.3, -0.25) is 4.79 Å². The molecule has 1 aromatic heterocycles. The molecule has 0 bridgehead atoms. The van der Waals surface area contributed by atoms with Crippen LogP contribution in [-0.2, 0) is 19.9 Å². The first-order valence-corrected chi connectivity index (χ1v) is 10.3. The first-order chi connectivity index (χ1) is 9.61. The summed E-state index contributed by atoms with van der Waals surface area (Å²) in [5.74, 6) is -0.332. The first kappa shape index (κ1) is 16.4. The fourth-order valence-electron chi connectivity index (χ4n) is 2.24. The number of primary sulfonamides is 1. The number of nitrogens with two attached hydrogens (primary N) is 1. The second-order valence-electron chi connectivity index (χ2n) is 4.92. The summed E-state index contributed by atoms with van der Waals surface area (Å²) in [6.07, 6.45) is 1.14. The van der Waals surface area contributed by atoms with Crippen molar-refractivity contribution in [1.82, 2.24) is 5.32 Å². The molecule has 118 valence electrons. The minimum absolute atomic E-state index is 0.0445. The van der Waals surface area contributed by atoms with E-state index in [9.17, 15) is 21.6 Å². The fraction of sp³-hybridized carbons (Fsp3) is 0.545. The molecule has 21 heavy (non-hydrogen) atoms. The van der Waals surface area contributed by atoms with Gasteiger partial charge in [0.05, 0.1) is 20.8 Å². The highest BCUT2D eigenvalue weighted by Crippen LogP contribution is 2.25.